The molecule has 4 nitrogen and oxygen atoms in total. The molecule has 136 valence electrons. The van der Waals surface area contributed by atoms with Gasteiger partial charge in [0.05, 0.1) is 17.4 Å². The zero-order valence-electron chi connectivity index (χ0n) is 13.5. The number of anilines is 1. The highest BCUT2D eigenvalue weighted by molar-refractivity contribution is 7.99. The first kappa shape index (κ1) is 19.7. The molecular formula is C18H15F3N2O2S. The van der Waals surface area contributed by atoms with E-state index in [1.165, 1.54) is 30.0 Å². The number of rotatable bonds is 7. The first-order chi connectivity index (χ1) is 12.4. The van der Waals surface area contributed by atoms with Crippen LogP contribution >= 0.6 is 11.8 Å². The van der Waals surface area contributed by atoms with Gasteiger partial charge in [-0.15, -0.1) is 11.8 Å². The standard InChI is InChI=1S/C18H15F3N2O2S/c19-18(20,21)12-25-16-3-1-2-15(8-16)23-17(24)11-26-10-14-6-4-13(9-22)5-7-14/h1-8H,10-12H2,(H,23,24). The molecule has 0 heterocycles. The zero-order valence-corrected chi connectivity index (χ0v) is 14.4. The van der Waals surface area contributed by atoms with E-state index >= 15 is 0 Å². The lowest BCUT2D eigenvalue weighted by Gasteiger charge is -2.11. The van der Waals surface area contributed by atoms with Crippen molar-refractivity contribution >= 4 is 23.4 Å². The Morgan fingerprint density at radius 1 is 1.19 bits per heavy atom. The Hall–Kier alpha value is -2.66. The number of nitrogens with zero attached hydrogens (tertiary/aromatic N) is 1. The average Bonchev–Trinajstić information content (AvgIpc) is 2.60. The van der Waals surface area contributed by atoms with Gasteiger partial charge in [-0.1, -0.05) is 18.2 Å². The molecule has 8 heteroatoms. The summed E-state index contributed by atoms with van der Waals surface area (Å²) in [6.07, 6.45) is -4.42. The van der Waals surface area contributed by atoms with Gasteiger partial charge in [0.2, 0.25) is 5.91 Å². The van der Waals surface area contributed by atoms with Crippen LogP contribution in [0.5, 0.6) is 5.75 Å². The van der Waals surface area contributed by atoms with Gasteiger partial charge in [0.1, 0.15) is 5.75 Å². The number of hydrogen-bond donors (Lipinski definition) is 1. The van der Waals surface area contributed by atoms with E-state index in [9.17, 15) is 18.0 Å². The second-order valence-electron chi connectivity index (χ2n) is 5.28. The van der Waals surface area contributed by atoms with Gasteiger partial charge in [0.25, 0.3) is 0 Å². The van der Waals surface area contributed by atoms with Crippen LogP contribution in [0.4, 0.5) is 18.9 Å². The molecule has 0 aliphatic heterocycles. The lowest BCUT2D eigenvalue weighted by Crippen LogP contribution is -2.19. The van der Waals surface area contributed by atoms with Crippen LogP contribution in [-0.2, 0) is 10.5 Å². The van der Waals surface area contributed by atoms with Crippen molar-refractivity contribution < 1.29 is 22.7 Å². The first-order valence-corrected chi connectivity index (χ1v) is 8.67. The lowest BCUT2D eigenvalue weighted by atomic mass is 10.2. The summed E-state index contributed by atoms with van der Waals surface area (Å²) in [4.78, 5) is 11.9. The van der Waals surface area contributed by atoms with Crippen LogP contribution < -0.4 is 10.1 Å². The van der Waals surface area contributed by atoms with Crippen LogP contribution in [0, 0.1) is 11.3 Å². The van der Waals surface area contributed by atoms with E-state index in [1.807, 2.05) is 18.2 Å². The van der Waals surface area contributed by atoms with Gasteiger partial charge in [-0.2, -0.15) is 18.4 Å². The highest BCUT2D eigenvalue weighted by atomic mass is 32.2. The molecule has 0 aliphatic rings. The second-order valence-corrected chi connectivity index (χ2v) is 6.27. The van der Waals surface area contributed by atoms with Crippen LogP contribution in [-0.4, -0.2) is 24.4 Å². The monoisotopic (exact) mass is 380 g/mol. The Kier molecular flexibility index (Phi) is 6.92. The summed E-state index contributed by atoms with van der Waals surface area (Å²) in [6.45, 7) is -1.38. The summed E-state index contributed by atoms with van der Waals surface area (Å²) >= 11 is 1.39. The van der Waals surface area contributed by atoms with Crippen LogP contribution in [0.3, 0.4) is 0 Å². The third-order valence-corrected chi connectivity index (χ3v) is 4.11. The number of benzene rings is 2. The highest BCUT2D eigenvalue weighted by Gasteiger charge is 2.28. The number of amides is 1. The van der Waals surface area contributed by atoms with Crippen molar-refractivity contribution in [3.05, 3.63) is 59.7 Å². The van der Waals surface area contributed by atoms with Crippen molar-refractivity contribution in [1.29, 1.82) is 5.26 Å². The largest absolute Gasteiger partial charge is 0.484 e. The van der Waals surface area contributed by atoms with Crippen LogP contribution in [0.1, 0.15) is 11.1 Å². The first-order valence-electron chi connectivity index (χ1n) is 7.52. The maximum absolute atomic E-state index is 12.2. The van der Waals surface area contributed by atoms with Crippen molar-refractivity contribution in [3.8, 4) is 11.8 Å². The third kappa shape index (κ3) is 7.07. The van der Waals surface area contributed by atoms with Gasteiger partial charge < -0.3 is 10.1 Å². The number of nitrogens with one attached hydrogen (secondary N) is 1. The normalized spacial score (nSPS) is 10.8. The number of carbonyl (C=O) groups is 1. The molecule has 0 aliphatic carbocycles. The Morgan fingerprint density at radius 3 is 2.58 bits per heavy atom. The zero-order chi connectivity index (χ0) is 19.0. The Balaban J connectivity index is 1.79. The van der Waals surface area contributed by atoms with Crippen molar-refractivity contribution in [1.82, 2.24) is 0 Å². The van der Waals surface area contributed by atoms with E-state index in [4.69, 9.17) is 5.26 Å². The minimum Gasteiger partial charge on any atom is -0.484 e. The van der Waals surface area contributed by atoms with Gasteiger partial charge in [-0.25, -0.2) is 0 Å². The van der Waals surface area contributed by atoms with Gasteiger partial charge in [0, 0.05) is 17.5 Å². The molecule has 0 atom stereocenters. The van der Waals surface area contributed by atoms with E-state index < -0.39 is 12.8 Å². The van der Waals surface area contributed by atoms with Crippen molar-refractivity contribution in [2.24, 2.45) is 0 Å². The number of carbonyl (C=O) groups excluding carboxylic acids is 1. The molecule has 26 heavy (non-hydrogen) atoms. The molecule has 0 aromatic heterocycles. The van der Waals surface area contributed by atoms with Crippen LogP contribution in [0.2, 0.25) is 0 Å². The molecule has 1 amide bonds. The van der Waals surface area contributed by atoms with Crippen LogP contribution in [0.15, 0.2) is 48.5 Å². The Labute approximate surface area is 153 Å². The maximum Gasteiger partial charge on any atom is 0.422 e. The van der Waals surface area contributed by atoms with Gasteiger partial charge >= 0.3 is 6.18 Å². The number of hydrogen-bond acceptors (Lipinski definition) is 4. The highest BCUT2D eigenvalue weighted by Crippen LogP contribution is 2.21. The smallest absolute Gasteiger partial charge is 0.422 e. The lowest BCUT2D eigenvalue weighted by molar-refractivity contribution is -0.153. The van der Waals surface area contributed by atoms with E-state index in [0.29, 0.717) is 17.0 Å². The maximum atomic E-state index is 12.2. The summed E-state index contributed by atoms with van der Waals surface area (Å²) < 4.78 is 41.1. The number of thioether (sulfide) groups is 1. The van der Waals surface area contributed by atoms with E-state index in [1.54, 1.807) is 18.2 Å². The fourth-order valence-corrected chi connectivity index (χ4v) is 2.75. The predicted octanol–water partition coefficient (Wildman–Crippen LogP) is 4.37. The van der Waals surface area contributed by atoms with E-state index in [0.717, 1.165) is 5.56 Å². The second kappa shape index (κ2) is 9.15. The molecule has 0 spiro atoms. The minimum absolute atomic E-state index is 0.0327. The van der Waals surface area contributed by atoms with Gasteiger partial charge in [-0.05, 0) is 29.8 Å². The molecule has 0 unspecified atom stereocenters. The number of alkyl halides is 3. The molecular weight excluding hydrogens is 365 g/mol. The fraction of sp³-hybridized carbons (Fsp3) is 0.222. The van der Waals surface area contributed by atoms with E-state index in [2.05, 4.69) is 10.1 Å². The third-order valence-electron chi connectivity index (χ3n) is 3.11. The summed E-state index contributed by atoms with van der Waals surface area (Å²) in [5.74, 6) is 0.559. The summed E-state index contributed by atoms with van der Waals surface area (Å²) in [5, 5.41) is 11.4. The molecule has 2 rings (SSSR count). The Bertz CT molecular complexity index is 786. The summed E-state index contributed by atoms with van der Waals surface area (Å²) in [5.41, 5.74) is 1.93. The van der Waals surface area contributed by atoms with Crippen molar-refractivity contribution in [2.75, 3.05) is 17.7 Å². The fourth-order valence-electron chi connectivity index (χ4n) is 1.96. The molecule has 0 bridgehead atoms. The molecule has 2 aromatic carbocycles. The molecule has 0 radical (unpaired) electrons. The molecule has 0 saturated carbocycles. The van der Waals surface area contributed by atoms with E-state index in [-0.39, 0.29) is 17.4 Å². The predicted molar refractivity (Wildman–Crippen MR) is 93.9 cm³/mol. The summed E-state index contributed by atoms with van der Waals surface area (Å²) in [7, 11) is 0. The van der Waals surface area contributed by atoms with Crippen LogP contribution in [0.25, 0.3) is 0 Å². The summed E-state index contributed by atoms with van der Waals surface area (Å²) in [6, 6.07) is 14.9. The van der Waals surface area contributed by atoms with Crippen molar-refractivity contribution in [3.63, 3.8) is 0 Å². The topological polar surface area (TPSA) is 62.1 Å². The quantitative estimate of drug-likeness (QED) is 0.775. The van der Waals surface area contributed by atoms with Gasteiger partial charge in [-0.3, -0.25) is 4.79 Å². The minimum atomic E-state index is -4.42. The van der Waals surface area contributed by atoms with Crippen molar-refractivity contribution in [2.45, 2.75) is 11.9 Å². The average molecular weight is 380 g/mol. The molecule has 2 aromatic rings. The molecule has 0 fully saturated rings. The number of ether oxygens (including phenoxy) is 1. The molecule has 0 saturated heterocycles. The van der Waals surface area contributed by atoms with Gasteiger partial charge in [0.15, 0.2) is 6.61 Å². The molecule has 1 N–H and O–H groups in total. The number of halogens is 3. The number of nitriles is 1. The SMILES string of the molecule is N#Cc1ccc(CSCC(=O)Nc2cccc(OCC(F)(F)F)c2)cc1. The Morgan fingerprint density at radius 2 is 1.92 bits per heavy atom.